The first-order valence-corrected chi connectivity index (χ1v) is 2.68. The van der Waals surface area contributed by atoms with Crippen molar-refractivity contribution in [1.82, 2.24) is 9.97 Å². The molecular formula is C6H7N2O. The summed E-state index contributed by atoms with van der Waals surface area (Å²) >= 11 is 0. The average molecular weight is 123 g/mol. The molecule has 0 atom stereocenters. The molecule has 0 aliphatic carbocycles. The largest absolute Gasteiger partial charge is 0.367 e. The summed E-state index contributed by atoms with van der Waals surface area (Å²) in [6.45, 7) is 3.55. The van der Waals surface area contributed by atoms with Crippen LogP contribution in [0.15, 0.2) is 6.07 Å². The Morgan fingerprint density at radius 1 is 1.22 bits per heavy atom. The van der Waals surface area contributed by atoms with Gasteiger partial charge in [0.1, 0.15) is 0 Å². The Bertz CT molecular complexity index is 172. The van der Waals surface area contributed by atoms with E-state index in [0.717, 1.165) is 11.4 Å². The molecule has 3 heteroatoms. The molecule has 1 heterocycles. The topological polar surface area (TPSA) is 45.7 Å². The maximum Gasteiger partial charge on any atom is 0.367 e. The fraction of sp³-hybridized carbons (Fsp3) is 0.333. The van der Waals surface area contributed by atoms with Crippen molar-refractivity contribution in [2.45, 2.75) is 13.8 Å². The molecule has 47 valence electrons. The fourth-order valence-electron chi connectivity index (χ4n) is 0.694. The van der Waals surface area contributed by atoms with E-state index in [-0.39, 0.29) is 0 Å². The summed E-state index contributed by atoms with van der Waals surface area (Å²) in [5.41, 5.74) is 1.46. The van der Waals surface area contributed by atoms with E-state index in [1.807, 2.05) is 0 Å². The first-order valence-electron chi connectivity index (χ1n) is 2.68. The summed E-state index contributed by atoms with van der Waals surface area (Å²) in [5.74, 6) is 0. The molecule has 0 aliphatic rings. The van der Waals surface area contributed by atoms with Gasteiger partial charge in [-0.3, -0.25) is 0 Å². The fourth-order valence-corrected chi connectivity index (χ4v) is 0.694. The molecule has 0 amide bonds. The van der Waals surface area contributed by atoms with E-state index < -0.39 is 6.01 Å². The normalized spacial score (nSPS) is 9.56. The van der Waals surface area contributed by atoms with Gasteiger partial charge in [0.2, 0.25) is 0 Å². The molecule has 1 rings (SSSR count). The van der Waals surface area contributed by atoms with Crippen LogP contribution in [0, 0.1) is 13.8 Å². The molecule has 1 radical (unpaired) electrons. The van der Waals surface area contributed by atoms with Crippen LogP contribution in [0.3, 0.4) is 0 Å². The molecule has 0 saturated carbocycles. The van der Waals surface area contributed by atoms with Crippen LogP contribution in [0.25, 0.3) is 0 Å². The van der Waals surface area contributed by atoms with Crippen molar-refractivity contribution in [3.8, 4) is 6.01 Å². The summed E-state index contributed by atoms with van der Waals surface area (Å²) < 4.78 is 0. The van der Waals surface area contributed by atoms with E-state index in [2.05, 4.69) is 9.97 Å². The molecular weight excluding hydrogens is 116 g/mol. The number of aromatic nitrogens is 2. The Labute approximate surface area is 53.4 Å². The zero-order valence-electron chi connectivity index (χ0n) is 5.38. The Balaban J connectivity index is 3.17. The van der Waals surface area contributed by atoms with Crippen molar-refractivity contribution in [3.63, 3.8) is 0 Å². The van der Waals surface area contributed by atoms with Gasteiger partial charge in [-0.2, -0.15) is 9.97 Å². The number of hydrogen-bond donors (Lipinski definition) is 0. The van der Waals surface area contributed by atoms with Crippen molar-refractivity contribution in [2.75, 3.05) is 0 Å². The van der Waals surface area contributed by atoms with Gasteiger partial charge in [0.25, 0.3) is 0 Å². The maximum absolute atomic E-state index is 10.5. The first-order chi connectivity index (χ1) is 4.18. The van der Waals surface area contributed by atoms with Crippen molar-refractivity contribution >= 4 is 0 Å². The van der Waals surface area contributed by atoms with Crippen LogP contribution in [-0.4, -0.2) is 9.97 Å². The lowest BCUT2D eigenvalue weighted by atomic mass is 10.4. The average Bonchev–Trinajstić information content (AvgIpc) is 1.59. The number of hydrogen-bond acceptors (Lipinski definition) is 2. The molecule has 3 nitrogen and oxygen atoms in total. The minimum atomic E-state index is -0.396. The highest BCUT2D eigenvalue weighted by Crippen LogP contribution is 2.03. The molecule has 1 aromatic rings. The van der Waals surface area contributed by atoms with Gasteiger partial charge in [0, 0.05) is 11.4 Å². The van der Waals surface area contributed by atoms with E-state index in [0.29, 0.717) is 0 Å². The Hall–Kier alpha value is -1.12. The zero-order chi connectivity index (χ0) is 6.85. The summed E-state index contributed by atoms with van der Waals surface area (Å²) in [7, 11) is 0. The third-order valence-corrected chi connectivity index (χ3v) is 0.962. The van der Waals surface area contributed by atoms with Crippen molar-refractivity contribution < 1.29 is 5.11 Å². The first kappa shape index (κ1) is 6.01. The summed E-state index contributed by atoms with van der Waals surface area (Å²) in [6.07, 6.45) is 0. The van der Waals surface area contributed by atoms with E-state index in [1.165, 1.54) is 0 Å². The van der Waals surface area contributed by atoms with E-state index in [4.69, 9.17) is 0 Å². The SMILES string of the molecule is Cc1cc(C)nc([O])n1. The Morgan fingerprint density at radius 3 is 2.00 bits per heavy atom. The van der Waals surface area contributed by atoms with Crippen LogP contribution in [0.4, 0.5) is 0 Å². The monoisotopic (exact) mass is 123 g/mol. The lowest BCUT2D eigenvalue weighted by Crippen LogP contribution is -1.86. The van der Waals surface area contributed by atoms with Crippen LogP contribution >= 0.6 is 0 Å². The van der Waals surface area contributed by atoms with Crippen LogP contribution in [0.5, 0.6) is 6.01 Å². The highest BCUT2D eigenvalue weighted by Gasteiger charge is 1.95. The van der Waals surface area contributed by atoms with E-state index in [1.54, 1.807) is 19.9 Å². The zero-order valence-corrected chi connectivity index (χ0v) is 5.38. The van der Waals surface area contributed by atoms with Gasteiger partial charge >= 0.3 is 6.01 Å². The van der Waals surface area contributed by atoms with E-state index in [9.17, 15) is 5.11 Å². The predicted molar refractivity (Wildman–Crippen MR) is 31.6 cm³/mol. The highest BCUT2D eigenvalue weighted by molar-refractivity contribution is 5.09. The van der Waals surface area contributed by atoms with Gasteiger partial charge in [-0.25, -0.2) is 5.11 Å². The van der Waals surface area contributed by atoms with Crippen molar-refractivity contribution in [3.05, 3.63) is 17.5 Å². The van der Waals surface area contributed by atoms with Crippen molar-refractivity contribution in [2.24, 2.45) is 0 Å². The highest BCUT2D eigenvalue weighted by atomic mass is 16.3. The minimum absolute atomic E-state index is 0.396. The third-order valence-electron chi connectivity index (χ3n) is 0.962. The second-order valence-corrected chi connectivity index (χ2v) is 1.93. The maximum atomic E-state index is 10.5. The van der Waals surface area contributed by atoms with E-state index >= 15 is 0 Å². The van der Waals surface area contributed by atoms with Crippen LogP contribution in [0.1, 0.15) is 11.4 Å². The van der Waals surface area contributed by atoms with Crippen LogP contribution in [-0.2, 0) is 5.11 Å². The molecule has 0 spiro atoms. The Morgan fingerprint density at radius 2 is 1.67 bits per heavy atom. The smallest absolute Gasteiger partial charge is 0.244 e. The lowest BCUT2D eigenvalue weighted by Gasteiger charge is -1.91. The van der Waals surface area contributed by atoms with Crippen LogP contribution in [0.2, 0.25) is 0 Å². The predicted octanol–water partition coefficient (Wildman–Crippen LogP) is 1.24. The summed E-state index contributed by atoms with van der Waals surface area (Å²) in [4.78, 5) is 7.14. The van der Waals surface area contributed by atoms with Gasteiger partial charge < -0.3 is 0 Å². The van der Waals surface area contributed by atoms with Gasteiger partial charge in [-0.15, -0.1) is 0 Å². The van der Waals surface area contributed by atoms with Gasteiger partial charge in [0.15, 0.2) is 0 Å². The summed E-state index contributed by atoms with van der Waals surface area (Å²) in [5, 5.41) is 10.5. The standard InChI is InChI=1S/C6H7N2O/c1-4-3-5(2)8-6(9)7-4/h3H,1-2H3. The molecule has 0 bridgehead atoms. The third kappa shape index (κ3) is 1.38. The molecule has 0 N–H and O–H groups in total. The molecule has 0 saturated heterocycles. The number of nitrogens with zero attached hydrogens (tertiary/aromatic N) is 2. The van der Waals surface area contributed by atoms with Crippen LogP contribution < -0.4 is 0 Å². The van der Waals surface area contributed by atoms with Gasteiger partial charge in [-0.05, 0) is 19.9 Å². The van der Waals surface area contributed by atoms with Gasteiger partial charge in [-0.1, -0.05) is 0 Å². The minimum Gasteiger partial charge on any atom is -0.244 e. The van der Waals surface area contributed by atoms with Crippen molar-refractivity contribution in [1.29, 1.82) is 0 Å². The molecule has 0 fully saturated rings. The molecule has 9 heavy (non-hydrogen) atoms. The number of aryl methyl sites for hydroxylation is 2. The van der Waals surface area contributed by atoms with Gasteiger partial charge in [0.05, 0.1) is 0 Å². The lowest BCUT2D eigenvalue weighted by molar-refractivity contribution is 0.317. The molecule has 0 aromatic carbocycles. The molecule has 1 aromatic heterocycles. The second kappa shape index (κ2) is 2.01. The molecule has 0 aliphatic heterocycles. The number of rotatable bonds is 0. The summed E-state index contributed by atoms with van der Waals surface area (Å²) in [6, 6.07) is 1.37. The molecule has 0 unspecified atom stereocenters. The Kier molecular flexibility index (Phi) is 1.34. The second-order valence-electron chi connectivity index (χ2n) is 1.93. The quantitative estimate of drug-likeness (QED) is 0.521.